The van der Waals surface area contributed by atoms with Gasteiger partial charge in [0, 0.05) is 25.8 Å². The van der Waals surface area contributed by atoms with E-state index in [4.69, 9.17) is 0 Å². The molecule has 1 aliphatic carbocycles. The highest BCUT2D eigenvalue weighted by atomic mass is 16.3. The van der Waals surface area contributed by atoms with E-state index in [1.165, 1.54) is 5.69 Å². The fourth-order valence-corrected chi connectivity index (χ4v) is 1.97. The zero-order valence-corrected chi connectivity index (χ0v) is 8.48. The Balaban J connectivity index is 1.80. The first kappa shape index (κ1) is 9.68. The van der Waals surface area contributed by atoms with E-state index < -0.39 is 0 Å². The van der Waals surface area contributed by atoms with Crippen LogP contribution in [0.1, 0.15) is 25.0 Å². The Hall–Kier alpha value is -0.870. The fourth-order valence-electron chi connectivity index (χ4n) is 1.97. The standard InChI is InChI=1S/C10H17N3O/c1-13-9(4-5-12-13)7-11-8-2-3-10(14)6-8/h4-5,8,10-11,14H,2-3,6-7H2,1H3/t8-,10+/m0/s1. The smallest absolute Gasteiger partial charge is 0.0555 e. The molecule has 1 saturated carbocycles. The third-order valence-electron chi connectivity index (χ3n) is 2.90. The van der Waals surface area contributed by atoms with Gasteiger partial charge in [0.05, 0.1) is 11.8 Å². The minimum absolute atomic E-state index is 0.0981. The molecule has 2 rings (SSSR count). The first-order chi connectivity index (χ1) is 6.75. The maximum atomic E-state index is 9.35. The van der Waals surface area contributed by atoms with E-state index in [0.717, 1.165) is 25.8 Å². The summed E-state index contributed by atoms with van der Waals surface area (Å²) in [6.07, 6.45) is 4.61. The van der Waals surface area contributed by atoms with Gasteiger partial charge in [-0.15, -0.1) is 0 Å². The van der Waals surface area contributed by atoms with Crippen LogP contribution in [-0.2, 0) is 13.6 Å². The van der Waals surface area contributed by atoms with Gasteiger partial charge < -0.3 is 10.4 Å². The van der Waals surface area contributed by atoms with Crippen LogP contribution in [0.25, 0.3) is 0 Å². The van der Waals surface area contributed by atoms with Crippen molar-refractivity contribution in [2.75, 3.05) is 0 Å². The molecule has 1 aromatic rings. The van der Waals surface area contributed by atoms with Crippen LogP contribution in [0.4, 0.5) is 0 Å². The van der Waals surface area contributed by atoms with Crippen molar-refractivity contribution in [3.63, 3.8) is 0 Å². The summed E-state index contributed by atoms with van der Waals surface area (Å²) in [5.74, 6) is 0. The molecule has 0 amide bonds. The summed E-state index contributed by atoms with van der Waals surface area (Å²) >= 11 is 0. The van der Waals surface area contributed by atoms with E-state index in [-0.39, 0.29) is 6.10 Å². The SMILES string of the molecule is Cn1nccc1CN[C@H]1CC[C@@H](O)C1. The molecule has 0 radical (unpaired) electrons. The van der Waals surface area contributed by atoms with E-state index in [1.54, 1.807) is 6.20 Å². The molecular weight excluding hydrogens is 178 g/mol. The first-order valence-corrected chi connectivity index (χ1v) is 5.14. The summed E-state index contributed by atoms with van der Waals surface area (Å²) < 4.78 is 1.87. The highest BCUT2D eigenvalue weighted by Gasteiger charge is 2.22. The molecule has 2 atom stereocenters. The number of nitrogens with zero attached hydrogens (tertiary/aromatic N) is 2. The van der Waals surface area contributed by atoms with Crippen molar-refractivity contribution in [2.45, 2.75) is 38.0 Å². The van der Waals surface area contributed by atoms with Crippen molar-refractivity contribution in [2.24, 2.45) is 7.05 Å². The molecule has 2 N–H and O–H groups in total. The summed E-state index contributed by atoms with van der Waals surface area (Å²) in [5, 5.41) is 16.9. The zero-order valence-electron chi connectivity index (χ0n) is 8.48. The third-order valence-corrected chi connectivity index (χ3v) is 2.90. The summed E-state index contributed by atoms with van der Waals surface area (Å²) in [4.78, 5) is 0. The zero-order chi connectivity index (χ0) is 9.97. The number of aliphatic hydroxyl groups excluding tert-OH is 1. The number of aryl methyl sites for hydroxylation is 1. The number of rotatable bonds is 3. The average molecular weight is 195 g/mol. The predicted octanol–water partition coefficient (Wildman–Crippen LogP) is 0.423. The van der Waals surface area contributed by atoms with Gasteiger partial charge >= 0.3 is 0 Å². The summed E-state index contributed by atoms with van der Waals surface area (Å²) in [5.41, 5.74) is 1.19. The number of nitrogens with one attached hydrogen (secondary N) is 1. The van der Waals surface area contributed by atoms with Crippen LogP contribution in [0, 0.1) is 0 Å². The van der Waals surface area contributed by atoms with Crippen LogP contribution in [0.15, 0.2) is 12.3 Å². The van der Waals surface area contributed by atoms with Crippen molar-refractivity contribution in [1.29, 1.82) is 0 Å². The maximum Gasteiger partial charge on any atom is 0.0555 e. The van der Waals surface area contributed by atoms with Crippen LogP contribution in [0.2, 0.25) is 0 Å². The molecule has 4 nitrogen and oxygen atoms in total. The van der Waals surface area contributed by atoms with Gasteiger partial charge in [0.25, 0.3) is 0 Å². The van der Waals surface area contributed by atoms with Crippen LogP contribution in [-0.4, -0.2) is 27.0 Å². The normalized spacial score (nSPS) is 27.0. The first-order valence-electron chi connectivity index (χ1n) is 5.14. The molecule has 0 bridgehead atoms. The Bertz CT molecular complexity index is 297. The molecule has 1 fully saturated rings. The van der Waals surface area contributed by atoms with Crippen molar-refractivity contribution in [3.8, 4) is 0 Å². The third kappa shape index (κ3) is 2.13. The van der Waals surface area contributed by atoms with E-state index in [1.807, 2.05) is 17.8 Å². The van der Waals surface area contributed by atoms with Crippen LogP contribution >= 0.6 is 0 Å². The minimum atomic E-state index is -0.0981. The average Bonchev–Trinajstić information content (AvgIpc) is 2.72. The van der Waals surface area contributed by atoms with E-state index in [2.05, 4.69) is 10.4 Å². The molecule has 0 aromatic carbocycles. The van der Waals surface area contributed by atoms with Gasteiger partial charge in [0.2, 0.25) is 0 Å². The van der Waals surface area contributed by atoms with Gasteiger partial charge in [-0.05, 0) is 25.3 Å². The number of hydrogen-bond donors (Lipinski definition) is 2. The lowest BCUT2D eigenvalue weighted by molar-refractivity contribution is 0.179. The van der Waals surface area contributed by atoms with Gasteiger partial charge in [-0.2, -0.15) is 5.10 Å². The van der Waals surface area contributed by atoms with E-state index >= 15 is 0 Å². The largest absolute Gasteiger partial charge is 0.393 e. The predicted molar refractivity (Wildman–Crippen MR) is 53.7 cm³/mol. The molecule has 0 saturated heterocycles. The van der Waals surface area contributed by atoms with E-state index in [0.29, 0.717) is 6.04 Å². The Morgan fingerprint density at radius 2 is 2.50 bits per heavy atom. The van der Waals surface area contributed by atoms with Crippen molar-refractivity contribution in [1.82, 2.24) is 15.1 Å². The Morgan fingerprint density at radius 1 is 1.64 bits per heavy atom. The lowest BCUT2D eigenvalue weighted by Crippen LogP contribution is -2.27. The van der Waals surface area contributed by atoms with Crippen LogP contribution in [0.5, 0.6) is 0 Å². The monoisotopic (exact) mass is 195 g/mol. The highest BCUT2D eigenvalue weighted by Crippen LogP contribution is 2.18. The summed E-state index contributed by atoms with van der Waals surface area (Å²) in [6, 6.07) is 2.48. The maximum absolute atomic E-state index is 9.35. The molecular formula is C10H17N3O. The van der Waals surface area contributed by atoms with Crippen LogP contribution < -0.4 is 5.32 Å². The molecule has 1 aliphatic rings. The van der Waals surface area contributed by atoms with Gasteiger partial charge in [-0.3, -0.25) is 4.68 Å². The number of aliphatic hydroxyl groups is 1. The molecule has 1 heterocycles. The molecule has 4 heteroatoms. The second-order valence-electron chi connectivity index (χ2n) is 3.99. The van der Waals surface area contributed by atoms with E-state index in [9.17, 15) is 5.11 Å². The van der Waals surface area contributed by atoms with Gasteiger partial charge in [-0.25, -0.2) is 0 Å². The molecule has 0 spiro atoms. The minimum Gasteiger partial charge on any atom is -0.393 e. The van der Waals surface area contributed by atoms with Gasteiger partial charge in [0.1, 0.15) is 0 Å². The molecule has 14 heavy (non-hydrogen) atoms. The number of hydrogen-bond acceptors (Lipinski definition) is 3. The van der Waals surface area contributed by atoms with Crippen LogP contribution in [0.3, 0.4) is 0 Å². The molecule has 78 valence electrons. The Kier molecular flexibility index (Phi) is 2.84. The summed E-state index contributed by atoms with van der Waals surface area (Å²) in [7, 11) is 1.94. The van der Waals surface area contributed by atoms with Crippen molar-refractivity contribution in [3.05, 3.63) is 18.0 Å². The van der Waals surface area contributed by atoms with Gasteiger partial charge in [-0.1, -0.05) is 0 Å². The second-order valence-corrected chi connectivity index (χ2v) is 3.99. The molecule has 1 aromatic heterocycles. The lowest BCUT2D eigenvalue weighted by Gasteiger charge is -2.11. The Morgan fingerprint density at radius 3 is 3.07 bits per heavy atom. The summed E-state index contributed by atoms with van der Waals surface area (Å²) in [6.45, 7) is 0.841. The van der Waals surface area contributed by atoms with Crippen molar-refractivity contribution >= 4 is 0 Å². The Labute approximate surface area is 83.9 Å². The molecule has 0 unspecified atom stereocenters. The topological polar surface area (TPSA) is 50.1 Å². The lowest BCUT2D eigenvalue weighted by atomic mass is 10.2. The molecule has 0 aliphatic heterocycles. The second kappa shape index (κ2) is 4.11. The fraction of sp³-hybridized carbons (Fsp3) is 0.700. The van der Waals surface area contributed by atoms with Crippen molar-refractivity contribution < 1.29 is 5.11 Å². The van der Waals surface area contributed by atoms with Gasteiger partial charge in [0.15, 0.2) is 0 Å². The highest BCUT2D eigenvalue weighted by molar-refractivity contribution is 4.99. The quantitative estimate of drug-likeness (QED) is 0.735. The number of aromatic nitrogens is 2.